The van der Waals surface area contributed by atoms with Crippen LogP contribution in [-0.2, 0) is 20.9 Å². The summed E-state index contributed by atoms with van der Waals surface area (Å²) in [6.45, 7) is 5.37. The second-order valence-corrected chi connectivity index (χ2v) is 4.71. The van der Waals surface area contributed by atoms with Gasteiger partial charge in [-0.05, 0) is 37.6 Å². The number of benzene rings is 1. The third kappa shape index (κ3) is 6.92. The molecule has 5 nitrogen and oxygen atoms in total. The molecule has 0 bridgehead atoms. The standard InChI is InChI=1S/C16H22O5/c1-12(2)21-9-8-20-11-14-10-13(5-7-16(17)18)4-6-15(14)19-3/h4-7,10,12H,8-9,11H2,1-3H3,(H,17,18). The minimum absolute atomic E-state index is 0.188. The highest BCUT2D eigenvalue weighted by atomic mass is 16.5. The van der Waals surface area contributed by atoms with E-state index in [9.17, 15) is 4.79 Å². The van der Waals surface area contributed by atoms with Gasteiger partial charge in [0.2, 0.25) is 0 Å². The maximum atomic E-state index is 10.5. The second-order valence-electron chi connectivity index (χ2n) is 4.71. The fourth-order valence-corrected chi connectivity index (χ4v) is 1.71. The van der Waals surface area contributed by atoms with E-state index in [0.29, 0.717) is 25.6 Å². The summed E-state index contributed by atoms with van der Waals surface area (Å²) < 4.78 is 16.2. The Bertz CT molecular complexity index is 480. The molecule has 0 unspecified atom stereocenters. The largest absolute Gasteiger partial charge is 0.496 e. The minimum Gasteiger partial charge on any atom is -0.496 e. The fourth-order valence-electron chi connectivity index (χ4n) is 1.71. The number of carboxylic acid groups (broad SMARTS) is 1. The predicted molar refractivity (Wildman–Crippen MR) is 80.4 cm³/mol. The van der Waals surface area contributed by atoms with Gasteiger partial charge in [0.25, 0.3) is 0 Å². The number of aliphatic carboxylic acids is 1. The molecule has 0 amide bonds. The summed E-state index contributed by atoms with van der Waals surface area (Å²) >= 11 is 0. The molecule has 0 spiro atoms. The molecule has 21 heavy (non-hydrogen) atoms. The maximum Gasteiger partial charge on any atom is 0.328 e. The molecule has 1 rings (SSSR count). The van der Waals surface area contributed by atoms with Crippen LogP contribution in [0.3, 0.4) is 0 Å². The third-order valence-electron chi connectivity index (χ3n) is 2.66. The lowest BCUT2D eigenvalue weighted by atomic mass is 10.1. The number of hydrogen-bond acceptors (Lipinski definition) is 4. The summed E-state index contributed by atoms with van der Waals surface area (Å²) in [5.74, 6) is -0.262. The van der Waals surface area contributed by atoms with Gasteiger partial charge in [0.05, 0.1) is 33.0 Å². The zero-order chi connectivity index (χ0) is 15.7. The predicted octanol–water partition coefficient (Wildman–Crippen LogP) is 2.73. The van der Waals surface area contributed by atoms with Crippen LogP contribution in [0.25, 0.3) is 6.08 Å². The molecule has 1 aromatic rings. The van der Waals surface area contributed by atoms with Crippen molar-refractivity contribution in [3.05, 3.63) is 35.4 Å². The van der Waals surface area contributed by atoms with E-state index in [1.165, 1.54) is 6.08 Å². The van der Waals surface area contributed by atoms with E-state index in [4.69, 9.17) is 19.3 Å². The number of carboxylic acids is 1. The van der Waals surface area contributed by atoms with Crippen molar-refractivity contribution in [1.82, 2.24) is 0 Å². The molecule has 116 valence electrons. The Morgan fingerprint density at radius 3 is 2.71 bits per heavy atom. The molecule has 0 saturated carbocycles. The normalized spacial score (nSPS) is 11.2. The SMILES string of the molecule is COc1ccc(C=CC(=O)O)cc1COCCOC(C)C. The number of methoxy groups -OCH3 is 1. The lowest BCUT2D eigenvalue weighted by Crippen LogP contribution is -2.09. The van der Waals surface area contributed by atoms with Gasteiger partial charge in [-0.2, -0.15) is 0 Å². The average molecular weight is 294 g/mol. The van der Waals surface area contributed by atoms with Crippen molar-refractivity contribution in [2.45, 2.75) is 26.6 Å². The van der Waals surface area contributed by atoms with Gasteiger partial charge in [0.1, 0.15) is 5.75 Å². The molecule has 5 heteroatoms. The van der Waals surface area contributed by atoms with Crippen molar-refractivity contribution in [2.24, 2.45) is 0 Å². The molecule has 0 fully saturated rings. The van der Waals surface area contributed by atoms with Crippen molar-refractivity contribution in [2.75, 3.05) is 20.3 Å². The van der Waals surface area contributed by atoms with Crippen LogP contribution in [0.1, 0.15) is 25.0 Å². The number of hydrogen-bond donors (Lipinski definition) is 1. The first-order chi connectivity index (χ1) is 10.0. The quantitative estimate of drug-likeness (QED) is 0.560. The second kappa shape index (κ2) is 9.15. The molecular formula is C16H22O5. The van der Waals surface area contributed by atoms with E-state index >= 15 is 0 Å². The molecule has 0 atom stereocenters. The minimum atomic E-state index is -0.977. The zero-order valence-corrected chi connectivity index (χ0v) is 12.7. The van der Waals surface area contributed by atoms with Crippen LogP contribution < -0.4 is 4.74 Å². The van der Waals surface area contributed by atoms with Crippen LogP contribution >= 0.6 is 0 Å². The van der Waals surface area contributed by atoms with E-state index < -0.39 is 5.97 Å². The highest BCUT2D eigenvalue weighted by Crippen LogP contribution is 2.21. The highest BCUT2D eigenvalue weighted by molar-refractivity contribution is 5.85. The van der Waals surface area contributed by atoms with Gasteiger partial charge in [-0.15, -0.1) is 0 Å². The molecule has 1 aromatic carbocycles. The van der Waals surface area contributed by atoms with Crippen LogP contribution in [0.15, 0.2) is 24.3 Å². The van der Waals surface area contributed by atoms with Crippen LogP contribution in [0, 0.1) is 0 Å². The van der Waals surface area contributed by atoms with Gasteiger partial charge in [-0.3, -0.25) is 0 Å². The van der Waals surface area contributed by atoms with Gasteiger partial charge in [0.15, 0.2) is 0 Å². The summed E-state index contributed by atoms with van der Waals surface area (Å²) in [5.41, 5.74) is 1.66. The molecular weight excluding hydrogens is 272 g/mol. The van der Waals surface area contributed by atoms with Crippen molar-refractivity contribution < 1.29 is 24.1 Å². The van der Waals surface area contributed by atoms with Gasteiger partial charge in [-0.1, -0.05) is 6.07 Å². The maximum absolute atomic E-state index is 10.5. The lowest BCUT2D eigenvalue weighted by Gasteiger charge is -2.11. The highest BCUT2D eigenvalue weighted by Gasteiger charge is 2.04. The summed E-state index contributed by atoms with van der Waals surface area (Å²) in [7, 11) is 1.59. The summed E-state index contributed by atoms with van der Waals surface area (Å²) in [5, 5.41) is 8.64. The van der Waals surface area contributed by atoms with Crippen LogP contribution in [0.2, 0.25) is 0 Å². The van der Waals surface area contributed by atoms with Crippen LogP contribution in [0.4, 0.5) is 0 Å². The fraction of sp³-hybridized carbons (Fsp3) is 0.438. The molecule has 0 aliphatic heterocycles. The smallest absolute Gasteiger partial charge is 0.328 e. The Hall–Kier alpha value is -1.85. The molecule has 1 N–H and O–H groups in total. The summed E-state index contributed by atoms with van der Waals surface area (Å²) in [4.78, 5) is 10.5. The van der Waals surface area contributed by atoms with Gasteiger partial charge >= 0.3 is 5.97 Å². The molecule has 0 radical (unpaired) electrons. The monoisotopic (exact) mass is 294 g/mol. The first-order valence-electron chi connectivity index (χ1n) is 6.80. The molecule has 0 heterocycles. The van der Waals surface area contributed by atoms with Crippen LogP contribution in [0.5, 0.6) is 5.75 Å². The Labute approximate surface area is 125 Å². The zero-order valence-electron chi connectivity index (χ0n) is 12.7. The van der Waals surface area contributed by atoms with Crippen molar-refractivity contribution >= 4 is 12.0 Å². The Kier molecular flexibility index (Phi) is 7.50. The van der Waals surface area contributed by atoms with Crippen molar-refractivity contribution in [3.63, 3.8) is 0 Å². The van der Waals surface area contributed by atoms with E-state index in [1.807, 2.05) is 19.9 Å². The molecule has 0 aliphatic carbocycles. The topological polar surface area (TPSA) is 65.0 Å². The number of carbonyl (C=O) groups is 1. The van der Waals surface area contributed by atoms with E-state index in [-0.39, 0.29) is 6.10 Å². The molecule has 0 aromatic heterocycles. The van der Waals surface area contributed by atoms with Crippen LogP contribution in [-0.4, -0.2) is 37.5 Å². The van der Waals surface area contributed by atoms with E-state index in [0.717, 1.165) is 17.2 Å². The first kappa shape index (κ1) is 17.2. The third-order valence-corrected chi connectivity index (χ3v) is 2.66. The van der Waals surface area contributed by atoms with Crippen molar-refractivity contribution in [3.8, 4) is 5.75 Å². The first-order valence-corrected chi connectivity index (χ1v) is 6.80. The Balaban J connectivity index is 2.61. The van der Waals surface area contributed by atoms with E-state index in [1.54, 1.807) is 19.2 Å². The average Bonchev–Trinajstić information content (AvgIpc) is 2.44. The van der Waals surface area contributed by atoms with Crippen molar-refractivity contribution in [1.29, 1.82) is 0 Å². The number of rotatable bonds is 9. The Morgan fingerprint density at radius 1 is 1.33 bits per heavy atom. The van der Waals surface area contributed by atoms with Gasteiger partial charge in [-0.25, -0.2) is 4.79 Å². The molecule has 0 saturated heterocycles. The Morgan fingerprint density at radius 2 is 2.10 bits per heavy atom. The van der Waals surface area contributed by atoms with Gasteiger partial charge in [0, 0.05) is 11.6 Å². The number of ether oxygens (including phenoxy) is 3. The lowest BCUT2D eigenvalue weighted by molar-refractivity contribution is -0.131. The summed E-state index contributed by atoms with van der Waals surface area (Å²) in [6.07, 6.45) is 2.82. The van der Waals surface area contributed by atoms with E-state index in [2.05, 4.69) is 0 Å². The van der Waals surface area contributed by atoms with Gasteiger partial charge < -0.3 is 19.3 Å². The molecule has 0 aliphatic rings. The summed E-state index contributed by atoms with van der Waals surface area (Å²) in [6, 6.07) is 5.44.